The molecule has 2 aromatic rings. The van der Waals surface area contributed by atoms with E-state index in [9.17, 15) is 19.8 Å². The van der Waals surface area contributed by atoms with Gasteiger partial charge in [-0.1, -0.05) is 12.1 Å². The minimum absolute atomic E-state index is 0. The Labute approximate surface area is 106 Å². The summed E-state index contributed by atoms with van der Waals surface area (Å²) in [6.07, 6.45) is 0. The summed E-state index contributed by atoms with van der Waals surface area (Å²) in [7, 11) is 0. The van der Waals surface area contributed by atoms with Crippen LogP contribution in [0, 0.1) is 0 Å². The van der Waals surface area contributed by atoms with Crippen LogP contribution in [0.15, 0.2) is 24.3 Å². The standard InChI is InChI=1S/C10H6N2O4.Cu/c13-9(14)7-8(10(15)16)12-6-4-2-1-3-5(6)11-7;/h1-4H,(H,13,14)(H,15,16);/q;+2/p-2. The Bertz CT molecular complexity index is 547. The first-order chi connectivity index (χ1) is 7.59. The number of carbonyl (C=O) groups excluding carboxylic acids is 2. The molecule has 0 saturated heterocycles. The summed E-state index contributed by atoms with van der Waals surface area (Å²) in [5.41, 5.74) is -0.879. The van der Waals surface area contributed by atoms with Crippen LogP contribution in [-0.4, -0.2) is 21.9 Å². The maximum absolute atomic E-state index is 10.7. The molecule has 1 radical (unpaired) electrons. The predicted octanol–water partition coefficient (Wildman–Crippen LogP) is -1.65. The van der Waals surface area contributed by atoms with Gasteiger partial charge < -0.3 is 19.8 Å². The first-order valence-corrected chi connectivity index (χ1v) is 4.29. The fraction of sp³-hybridized carbons (Fsp3) is 0. The zero-order chi connectivity index (χ0) is 11.7. The molecule has 0 bridgehead atoms. The van der Waals surface area contributed by atoms with Crippen molar-refractivity contribution >= 4 is 23.0 Å². The third-order valence-corrected chi connectivity index (χ3v) is 1.96. The second-order valence-electron chi connectivity index (χ2n) is 2.98. The molecule has 17 heavy (non-hydrogen) atoms. The maximum atomic E-state index is 10.7. The SMILES string of the molecule is O=C([O-])c1nc2ccccc2nc1C(=O)[O-].[Cu+2]. The minimum Gasteiger partial charge on any atom is -0.543 e. The topological polar surface area (TPSA) is 106 Å². The number of fused-ring (bicyclic) bond motifs is 1. The molecule has 6 nitrogen and oxygen atoms in total. The Hall–Kier alpha value is -1.98. The van der Waals surface area contributed by atoms with Gasteiger partial charge in [0.05, 0.1) is 23.0 Å². The van der Waals surface area contributed by atoms with Gasteiger partial charge in [-0.3, -0.25) is 0 Å². The van der Waals surface area contributed by atoms with Crippen molar-refractivity contribution in [2.24, 2.45) is 0 Å². The van der Waals surface area contributed by atoms with Gasteiger partial charge in [-0.2, -0.15) is 0 Å². The number of carboxylic acids is 2. The molecule has 0 fully saturated rings. The smallest absolute Gasteiger partial charge is 0.543 e. The number of benzene rings is 1. The number of para-hydroxylation sites is 2. The van der Waals surface area contributed by atoms with Crippen LogP contribution in [0.1, 0.15) is 21.0 Å². The Morgan fingerprint density at radius 3 is 1.53 bits per heavy atom. The third kappa shape index (κ3) is 2.41. The molecule has 0 spiro atoms. The Kier molecular flexibility index (Phi) is 3.77. The summed E-state index contributed by atoms with van der Waals surface area (Å²) >= 11 is 0. The van der Waals surface area contributed by atoms with Crippen LogP contribution in [0.4, 0.5) is 0 Å². The van der Waals surface area contributed by atoms with Crippen LogP contribution < -0.4 is 10.2 Å². The van der Waals surface area contributed by atoms with Gasteiger partial charge in [0.15, 0.2) is 0 Å². The Balaban J connectivity index is 0.00000144. The number of hydrogen-bond donors (Lipinski definition) is 0. The molecule has 0 N–H and O–H groups in total. The van der Waals surface area contributed by atoms with Gasteiger partial charge in [0.25, 0.3) is 0 Å². The molecule has 2 rings (SSSR count). The van der Waals surface area contributed by atoms with Crippen molar-refractivity contribution in [1.82, 2.24) is 9.97 Å². The number of carboxylic acid groups (broad SMARTS) is 2. The van der Waals surface area contributed by atoms with E-state index in [1.165, 1.54) is 12.1 Å². The van der Waals surface area contributed by atoms with Crippen molar-refractivity contribution in [3.8, 4) is 0 Å². The molecule has 7 heteroatoms. The molecule has 0 saturated carbocycles. The zero-order valence-corrected chi connectivity index (χ0v) is 9.08. The van der Waals surface area contributed by atoms with Crippen molar-refractivity contribution in [3.63, 3.8) is 0 Å². The first-order valence-electron chi connectivity index (χ1n) is 4.29. The molecule has 1 aromatic heterocycles. The number of aromatic carboxylic acids is 2. The number of hydrogen-bond acceptors (Lipinski definition) is 6. The fourth-order valence-electron chi connectivity index (χ4n) is 1.28. The number of rotatable bonds is 2. The quantitative estimate of drug-likeness (QED) is 0.610. The van der Waals surface area contributed by atoms with E-state index in [4.69, 9.17) is 0 Å². The summed E-state index contributed by atoms with van der Waals surface area (Å²) in [6.45, 7) is 0. The van der Waals surface area contributed by atoms with Crippen molar-refractivity contribution in [3.05, 3.63) is 35.7 Å². The van der Waals surface area contributed by atoms with Gasteiger partial charge in [0.1, 0.15) is 11.4 Å². The molecular formula is C10H4CuN2O4. The summed E-state index contributed by atoms with van der Waals surface area (Å²) in [6, 6.07) is 6.31. The second-order valence-corrected chi connectivity index (χ2v) is 2.98. The average Bonchev–Trinajstić information content (AvgIpc) is 2.27. The molecule has 0 unspecified atom stereocenters. The van der Waals surface area contributed by atoms with E-state index in [1.807, 2.05) is 0 Å². The van der Waals surface area contributed by atoms with E-state index in [0.717, 1.165) is 0 Å². The molecular weight excluding hydrogens is 276 g/mol. The van der Waals surface area contributed by atoms with E-state index in [0.29, 0.717) is 0 Å². The van der Waals surface area contributed by atoms with Crippen molar-refractivity contribution < 1.29 is 36.9 Å². The van der Waals surface area contributed by atoms with Crippen LogP contribution in [0.25, 0.3) is 11.0 Å². The van der Waals surface area contributed by atoms with E-state index in [1.54, 1.807) is 12.1 Å². The molecule has 1 heterocycles. The maximum Gasteiger partial charge on any atom is 2.00 e. The van der Waals surface area contributed by atoms with Crippen LogP contribution in [0.5, 0.6) is 0 Å². The second kappa shape index (κ2) is 4.90. The van der Waals surface area contributed by atoms with Crippen LogP contribution in [0.2, 0.25) is 0 Å². The number of aromatic nitrogens is 2. The van der Waals surface area contributed by atoms with Crippen molar-refractivity contribution in [2.75, 3.05) is 0 Å². The van der Waals surface area contributed by atoms with Crippen LogP contribution >= 0.6 is 0 Å². The van der Waals surface area contributed by atoms with Crippen molar-refractivity contribution in [2.45, 2.75) is 0 Å². The molecule has 1 aromatic carbocycles. The number of nitrogens with zero attached hydrogens (tertiary/aromatic N) is 2. The van der Waals surface area contributed by atoms with Gasteiger partial charge in [0, 0.05) is 0 Å². The zero-order valence-electron chi connectivity index (χ0n) is 8.14. The van der Waals surface area contributed by atoms with Crippen LogP contribution in [0.3, 0.4) is 0 Å². The van der Waals surface area contributed by atoms with E-state index in [-0.39, 0.29) is 28.1 Å². The largest absolute Gasteiger partial charge is 2.00 e. The predicted molar refractivity (Wildman–Crippen MR) is 48.2 cm³/mol. The average molecular weight is 280 g/mol. The molecule has 0 amide bonds. The van der Waals surface area contributed by atoms with Gasteiger partial charge in [0.2, 0.25) is 0 Å². The third-order valence-electron chi connectivity index (χ3n) is 1.96. The van der Waals surface area contributed by atoms with Gasteiger partial charge in [-0.25, -0.2) is 9.97 Å². The van der Waals surface area contributed by atoms with Gasteiger partial charge in [-0.05, 0) is 12.1 Å². The summed E-state index contributed by atoms with van der Waals surface area (Å²) in [5, 5.41) is 21.3. The Morgan fingerprint density at radius 2 is 1.24 bits per heavy atom. The Morgan fingerprint density at radius 1 is 0.882 bits per heavy atom. The molecule has 0 aliphatic carbocycles. The summed E-state index contributed by atoms with van der Waals surface area (Å²) in [5.74, 6) is -3.39. The van der Waals surface area contributed by atoms with E-state index >= 15 is 0 Å². The van der Waals surface area contributed by atoms with Crippen molar-refractivity contribution in [1.29, 1.82) is 0 Å². The fourth-order valence-corrected chi connectivity index (χ4v) is 1.28. The molecule has 0 atom stereocenters. The molecule has 89 valence electrons. The molecule has 0 aliphatic rings. The minimum atomic E-state index is -1.70. The first kappa shape index (κ1) is 13.1. The summed E-state index contributed by atoms with van der Waals surface area (Å²) < 4.78 is 0. The van der Waals surface area contributed by atoms with E-state index in [2.05, 4.69) is 9.97 Å². The van der Waals surface area contributed by atoms with Crippen LogP contribution in [-0.2, 0) is 17.1 Å². The molecule has 0 aliphatic heterocycles. The monoisotopic (exact) mass is 279 g/mol. The summed E-state index contributed by atoms with van der Waals surface area (Å²) in [4.78, 5) is 28.6. The van der Waals surface area contributed by atoms with Gasteiger partial charge >= 0.3 is 17.1 Å². The van der Waals surface area contributed by atoms with E-state index < -0.39 is 23.3 Å². The van der Waals surface area contributed by atoms with Gasteiger partial charge in [-0.15, -0.1) is 0 Å². The normalized spacial score (nSPS) is 9.65. The number of carbonyl (C=O) groups is 2.